The monoisotopic (exact) mass is 322 g/mol. The SMILES string of the molecule is CCOC(=O)Cc1c(N)cnc(CBr)c1C(F)F. The van der Waals surface area contributed by atoms with Crippen LogP contribution in [-0.2, 0) is 21.3 Å². The number of carbonyl (C=O) groups excluding carboxylic acids is 1. The molecular weight excluding hydrogens is 310 g/mol. The number of nitrogens with zero attached hydrogens (tertiary/aromatic N) is 1. The molecule has 0 unspecified atom stereocenters. The molecule has 0 fully saturated rings. The number of nitrogen functional groups attached to an aromatic ring is 1. The van der Waals surface area contributed by atoms with Gasteiger partial charge in [0.25, 0.3) is 6.43 Å². The van der Waals surface area contributed by atoms with Crippen molar-refractivity contribution >= 4 is 27.6 Å². The molecule has 0 bridgehead atoms. The second-order valence-electron chi connectivity index (χ2n) is 3.47. The molecule has 0 saturated carbocycles. The zero-order valence-electron chi connectivity index (χ0n) is 9.75. The largest absolute Gasteiger partial charge is 0.466 e. The van der Waals surface area contributed by atoms with Crippen LogP contribution in [-0.4, -0.2) is 17.6 Å². The van der Waals surface area contributed by atoms with Crippen molar-refractivity contribution in [2.24, 2.45) is 0 Å². The van der Waals surface area contributed by atoms with E-state index in [-0.39, 0.29) is 40.9 Å². The predicted octanol–water partition coefficient (Wildman–Crippen LogP) is 2.60. The van der Waals surface area contributed by atoms with Gasteiger partial charge in [-0.25, -0.2) is 8.78 Å². The van der Waals surface area contributed by atoms with Crippen molar-refractivity contribution in [1.29, 1.82) is 0 Å². The van der Waals surface area contributed by atoms with Crippen molar-refractivity contribution in [2.75, 3.05) is 12.3 Å². The van der Waals surface area contributed by atoms with E-state index in [1.54, 1.807) is 6.92 Å². The quantitative estimate of drug-likeness (QED) is 0.668. The topological polar surface area (TPSA) is 65.2 Å². The second-order valence-corrected chi connectivity index (χ2v) is 4.03. The van der Waals surface area contributed by atoms with Gasteiger partial charge in [0.2, 0.25) is 0 Å². The van der Waals surface area contributed by atoms with E-state index in [4.69, 9.17) is 10.5 Å². The molecule has 1 rings (SSSR count). The number of rotatable bonds is 5. The summed E-state index contributed by atoms with van der Waals surface area (Å²) in [5.41, 5.74) is 5.66. The Bertz CT molecular complexity index is 441. The van der Waals surface area contributed by atoms with E-state index in [0.29, 0.717) is 0 Å². The van der Waals surface area contributed by atoms with Gasteiger partial charge in [0, 0.05) is 10.9 Å². The van der Waals surface area contributed by atoms with Crippen LogP contribution in [0.15, 0.2) is 6.20 Å². The van der Waals surface area contributed by atoms with Gasteiger partial charge in [-0.1, -0.05) is 15.9 Å². The number of alkyl halides is 3. The van der Waals surface area contributed by atoms with Gasteiger partial charge < -0.3 is 10.5 Å². The molecule has 1 aromatic rings. The number of ether oxygens (including phenoxy) is 1. The third kappa shape index (κ3) is 3.38. The van der Waals surface area contributed by atoms with Crippen LogP contribution in [0.2, 0.25) is 0 Å². The molecule has 0 atom stereocenters. The number of anilines is 1. The van der Waals surface area contributed by atoms with Gasteiger partial charge in [0.05, 0.1) is 30.6 Å². The van der Waals surface area contributed by atoms with Crippen LogP contribution in [0.1, 0.15) is 30.2 Å². The Kier molecular flexibility index (Phi) is 5.46. The fraction of sp³-hybridized carbons (Fsp3) is 0.455. The van der Waals surface area contributed by atoms with E-state index in [9.17, 15) is 13.6 Å². The highest BCUT2D eigenvalue weighted by molar-refractivity contribution is 9.08. The number of pyridine rings is 1. The molecule has 18 heavy (non-hydrogen) atoms. The molecule has 0 aromatic carbocycles. The minimum Gasteiger partial charge on any atom is -0.466 e. The molecule has 100 valence electrons. The molecule has 2 N–H and O–H groups in total. The smallest absolute Gasteiger partial charge is 0.310 e. The van der Waals surface area contributed by atoms with E-state index >= 15 is 0 Å². The average molecular weight is 323 g/mol. The van der Waals surface area contributed by atoms with E-state index in [1.807, 2.05) is 0 Å². The summed E-state index contributed by atoms with van der Waals surface area (Å²) in [6, 6.07) is 0. The fourth-order valence-electron chi connectivity index (χ4n) is 1.54. The first kappa shape index (κ1) is 14.8. The van der Waals surface area contributed by atoms with Gasteiger partial charge >= 0.3 is 5.97 Å². The first-order chi connectivity index (χ1) is 8.51. The Balaban J connectivity index is 3.18. The maximum atomic E-state index is 13.0. The first-order valence-electron chi connectivity index (χ1n) is 5.27. The maximum absolute atomic E-state index is 13.0. The van der Waals surface area contributed by atoms with E-state index in [0.717, 1.165) is 0 Å². The van der Waals surface area contributed by atoms with Gasteiger partial charge in [-0.05, 0) is 12.5 Å². The normalized spacial score (nSPS) is 10.7. The Morgan fingerprint density at radius 1 is 1.61 bits per heavy atom. The predicted molar refractivity (Wildman–Crippen MR) is 66.6 cm³/mol. The zero-order chi connectivity index (χ0) is 13.7. The minimum absolute atomic E-state index is 0.0723. The van der Waals surface area contributed by atoms with E-state index in [1.165, 1.54) is 6.20 Å². The first-order valence-corrected chi connectivity index (χ1v) is 6.39. The van der Waals surface area contributed by atoms with Crippen LogP contribution in [0.5, 0.6) is 0 Å². The van der Waals surface area contributed by atoms with Crippen molar-refractivity contribution in [3.8, 4) is 0 Å². The Hall–Kier alpha value is -1.24. The van der Waals surface area contributed by atoms with Crippen LogP contribution in [0.4, 0.5) is 14.5 Å². The van der Waals surface area contributed by atoms with Crippen molar-refractivity contribution in [3.05, 3.63) is 23.0 Å². The lowest BCUT2D eigenvalue weighted by molar-refractivity contribution is -0.142. The summed E-state index contributed by atoms with van der Waals surface area (Å²) in [5, 5.41) is 0.169. The van der Waals surface area contributed by atoms with E-state index < -0.39 is 12.4 Å². The molecule has 0 saturated heterocycles. The highest BCUT2D eigenvalue weighted by atomic mass is 79.9. The summed E-state index contributed by atoms with van der Waals surface area (Å²) in [4.78, 5) is 15.2. The summed E-state index contributed by atoms with van der Waals surface area (Å²) >= 11 is 3.08. The number of aromatic nitrogens is 1. The van der Waals surface area contributed by atoms with Gasteiger partial charge in [-0.3, -0.25) is 9.78 Å². The van der Waals surface area contributed by atoms with Gasteiger partial charge in [0.15, 0.2) is 0 Å². The number of esters is 1. The molecular formula is C11H13BrF2N2O2. The lowest BCUT2D eigenvalue weighted by atomic mass is 10.0. The zero-order valence-corrected chi connectivity index (χ0v) is 11.3. The Morgan fingerprint density at radius 2 is 2.28 bits per heavy atom. The molecule has 0 aliphatic carbocycles. The summed E-state index contributed by atoms with van der Waals surface area (Å²) in [6.07, 6.45) is -1.74. The Labute approximate surface area is 112 Å². The fourth-order valence-corrected chi connectivity index (χ4v) is 1.99. The van der Waals surface area contributed by atoms with Gasteiger partial charge in [-0.2, -0.15) is 0 Å². The average Bonchev–Trinajstić information content (AvgIpc) is 2.31. The maximum Gasteiger partial charge on any atom is 0.310 e. The molecule has 0 spiro atoms. The van der Waals surface area contributed by atoms with Crippen molar-refractivity contribution in [2.45, 2.75) is 25.1 Å². The van der Waals surface area contributed by atoms with E-state index in [2.05, 4.69) is 20.9 Å². The van der Waals surface area contributed by atoms with Gasteiger partial charge in [-0.15, -0.1) is 0 Å². The summed E-state index contributed by atoms with van der Waals surface area (Å²) < 4.78 is 30.8. The molecule has 0 amide bonds. The van der Waals surface area contributed by atoms with Crippen molar-refractivity contribution in [1.82, 2.24) is 4.98 Å². The van der Waals surface area contributed by atoms with Crippen LogP contribution >= 0.6 is 15.9 Å². The minimum atomic E-state index is -2.74. The number of carbonyl (C=O) groups is 1. The molecule has 7 heteroatoms. The van der Waals surface area contributed by atoms with Crippen LogP contribution < -0.4 is 5.73 Å². The van der Waals surface area contributed by atoms with Crippen LogP contribution in [0.25, 0.3) is 0 Å². The van der Waals surface area contributed by atoms with Crippen LogP contribution in [0.3, 0.4) is 0 Å². The second kappa shape index (κ2) is 6.63. The third-order valence-corrected chi connectivity index (χ3v) is 2.85. The number of nitrogens with two attached hydrogens (primary N) is 1. The summed E-state index contributed by atoms with van der Waals surface area (Å²) in [6.45, 7) is 1.84. The van der Waals surface area contributed by atoms with Crippen molar-refractivity contribution < 1.29 is 18.3 Å². The molecule has 1 heterocycles. The van der Waals surface area contributed by atoms with Crippen molar-refractivity contribution in [3.63, 3.8) is 0 Å². The molecule has 0 aliphatic heterocycles. The number of hydrogen-bond acceptors (Lipinski definition) is 4. The summed E-state index contributed by atoms with van der Waals surface area (Å²) in [7, 11) is 0. The Morgan fingerprint density at radius 3 is 2.78 bits per heavy atom. The number of halogens is 3. The highest BCUT2D eigenvalue weighted by Gasteiger charge is 2.22. The lowest BCUT2D eigenvalue weighted by Gasteiger charge is -2.14. The number of hydrogen-bond donors (Lipinski definition) is 1. The molecule has 1 aromatic heterocycles. The van der Waals surface area contributed by atoms with Gasteiger partial charge in [0.1, 0.15) is 0 Å². The highest BCUT2D eigenvalue weighted by Crippen LogP contribution is 2.30. The third-order valence-electron chi connectivity index (χ3n) is 2.32. The molecule has 0 aliphatic rings. The standard InChI is InChI=1S/C11H13BrF2N2O2/c1-2-18-9(17)3-6-7(15)5-16-8(4-12)10(6)11(13)14/h5,11H,2-4,15H2,1H3. The lowest BCUT2D eigenvalue weighted by Crippen LogP contribution is -2.13. The van der Waals surface area contributed by atoms with Crippen LogP contribution in [0, 0.1) is 0 Å². The molecule has 0 radical (unpaired) electrons. The summed E-state index contributed by atoms with van der Waals surface area (Å²) in [5.74, 6) is -0.585. The molecule has 4 nitrogen and oxygen atoms in total.